The van der Waals surface area contributed by atoms with Crippen molar-refractivity contribution in [3.8, 4) is 17.6 Å². The number of hydrogen-bond donors (Lipinski definition) is 0. The predicted molar refractivity (Wildman–Crippen MR) is 85.2 cm³/mol. The number of benzene rings is 2. The fraction of sp³-hybridized carbons (Fsp3) is 0.0588. The summed E-state index contributed by atoms with van der Waals surface area (Å²) in [6.45, 7) is 0. The molecule has 0 fully saturated rings. The van der Waals surface area contributed by atoms with Gasteiger partial charge < -0.3 is 9.47 Å². The van der Waals surface area contributed by atoms with Crippen LogP contribution in [0.2, 0.25) is 0 Å². The molecule has 7 nitrogen and oxygen atoms in total. The van der Waals surface area contributed by atoms with Crippen LogP contribution in [0.3, 0.4) is 0 Å². The molecule has 0 aliphatic carbocycles. The van der Waals surface area contributed by atoms with Crippen LogP contribution in [0.5, 0.6) is 11.5 Å². The maximum Gasteiger partial charge on any atom is 0.348 e. The van der Waals surface area contributed by atoms with Gasteiger partial charge in [-0.05, 0) is 42.0 Å². The van der Waals surface area contributed by atoms with Crippen LogP contribution in [0.15, 0.2) is 48.0 Å². The second-order valence-electron chi connectivity index (χ2n) is 4.70. The molecule has 0 saturated carbocycles. The highest BCUT2D eigenvalue weighted by molar-refractivity contribution is 5.97. The molecule has 0 aliphatic rings. The van der Waals surface area contributed by atoms with Crippen LogP contribution in [0.4, 0.5) is 10.1 Å². The zero-order chi connectivity index (χ0) is 18.4. The predicted octanol–water partition coefficient (Wildman–Crippen LogP) is 3.61. The Morgan fingerprint density at radius 2 is 1.96 bits per heavy atom. The quantitative estimate of drug-likeness (QED) is 0.270. The van der Waals surface area contributed by atoms with Gasteiger partial charge in [0, 0.05) is 6.07 Å². The number of rotatable bonds is 5. The average Bonchev–Trinajstić information content (AvgIpc) is 2.61. The van der Waals surface area contributed by atoms with Crippen molar-refractivity contribution in [2.24, 2.45) is 0 Å². The summed E-state index contributed by atoms with van der Waals surface area (Å²) in [5, 5.41) is 20.2. The minimum atomic E-state index is -0.850. The number of carbonyl (C=O) groups is 1. The third-order valence-corrected chi connectivity index (χ3v) is 3.06. The molecule has 0 N–H and O–H groups in total. The van der Waals surface area contributed by atoms with Crippen molar-refractivity contribution >= 4 is 17.7 Å². The average molecular weight is 342 g/mol. The van der Waals surface area contributed by atoms with E-state index in [4.69, 9.17) is 10.00 Å². The number of halogens is 1. The second-order valence-corrected chi connectivity index (χ2v) is 4.70. The number of nitro groups is 1. The standard InChI is InChI=1S/C17H11FN2O5/c1-24-17(21)12(10-19)8-11-2-7-16(15(9-11)20(22)23)25-14-5-3-13(18)4-6-14/h2-9H,1H3/b12-8-. The summed E-state index contributed by atoms with van der Waals surface area (Å²) < 4.78 is 22.7. The SMILES string of the molecule is COC(=O)/C(C#N)=C\c1ccc(Oc2ccc(F)cc2)c([N+](=O)[O-])c1. The van der Waals surface area contributed by atoms with Crippen molar-refractivity contribution in [3.05, 3.63) is 69.5 Å². The minimum absolute atomic E-state index is 0.0645. The Morgan fingerprint density at radius 3 is 2.52 bits per heavy atom. The first kappa shape index (κ1) is 17.6. The van der Waals surface area contributed by atoms with Gasteiger partial charge >= 0.3 is 11.7 Å². The van der Waals surface area contributed by atoms with E-state index in [1.165, 1.54) is 30.3 Å². The highest BCUT2D eigenvalue weighted by atomic mass is 19.1. The van der Waals surface area contributed by atoms with Crippen molar-refractivity contribution in [1.29, 1.82) is 5.26 Å². The van der Waals surface area contributed by atoms with Gasteiger partial charge in [-0.3, -0.25) is 10.1 Å². The lowest BCUT2D eigenvalue weighted by Crippen LogP contribution is -2.02. The summed E-state index contributed by atoms with van der Waals surface area (Å²) in [4.78, 5) is 22.0. The van der Waals surface area contributed by atoms with E-state index >= 15 is 0 Å². The summed E-state index contributed by atoms with van der Waals surface area (Å²) in [5.41, 5.74) is -0.427. The van der Waals surface area contributed by atoms with Crippen molar-refractivity contribution < 1.29 is 23.6 Å². The topological polar surface area (TPSA) is 102 Å². The van der Waals surface area contributed by atoms with Gasteiger partial charge in [0.2, 0.25) is 5.75 Å². The molecule has 0 unspecified atom stereocenters. The van der Waals surface area contributed by atoms with Gasteiger partial charge in [-0.2, -0.15) is 5.26 Å². The third-order valence-electron chi connectivity index (χ3n) is 3.06. The van der Waals surface area contributed by atoms with Crippen LogP contribution in [-0.2, 0) is 9.53 Å². The van der Waals surface area contributed by atoms with E-state index < -0.39 is 16.7 Å². The maximum atomic E-state index is 12.9. The van der Waals surface area contributed by atoms with E-state index in [2.05, 4.69) is 4.74 Å². The van der Waals surface area contributed by atoms with Crippen LogP contribution in [-0.4, -0.2) is 18.0 Å². The van der Waals surface area contributed by atoms with Crippen molar-refractivity contribution in [2.45, 2.75) is 0 Å². The molecule has 0 atom stereocenters. The molecule has 126 valence electrons. The Morgan fingerprint density at radius 1 is 1.28 bits per heavy atom. The Hall–Kier alpha value is -3.73. The molecule has 25 heavy (non-hydrogen) atoms. The number of nitrogens with zero attached hydrogens (tertiary/aromatic N) is 2. The fourth-order valence-corrected chi connectivity index (χ4v) is 1.90. The monoisotopic (exact) mass is 342 g/mol. The minimum Gasteiger partial charge on any atom is -0.465 e. The van der Waals surface area contributed by atoms with Gasteiger partial charge in [0.05, 0.1) is 12.0 Å². The fourth-order valence-electron chi connectivity index (χ4n) is 1.90. The molecular formula is C17H11FN2O5. The number of ether oxygens (including phenoxy) is 2. The van der Waals surface area contributed by atoms with E-state index in [9.17, 15) is 19.3 Å². The van der Waals surface area contributed by atoms with Crippen LogP contribution in [0.25, 0.3) is 6.08 Å². The highest BCUT2D eigenvalue weighted by Gasteiger charge is 2.17. The first-order valence-electron chi connectivity index (χ1n) is 6.86. The Labute approximate surface area is 141 Å². The largest absolute Gasteiger partial charge is 0.465 e. The molecule has 0 heterocycles. The zero-order valence-corrected chi connectivity index (χ0v) is 12.9. The summed E-state index contributed by atoms with van der Waals surface area (Å²) >= 11 is 0. The molecule has 2 aromatic rings. The van der Waals surface area contributed by atoms with E-state index in [-0.39, 0.29) is 28.3 Å². The summed E-state index contributed by atoms with van der Waals surface area (Å²) in [6.07, 6.45) is 1.17. The van der Waals surface area contributed by atoms with E-state index in [1.807, 2.05) is 0 Å². The van der Waals surface area contributed by atoms with E-state index in [1.54, 1.807) is 6.07 Å². The highest BCUT2D eigenvalue weighted by Crippen LogP contribution is 2.32. The molecule has 8 heteroatoms. The van der Waals surface area contributed by atoms with E-state index in [0.717, 1.165) is 25.3 Å². The van der Waals surface area contributed by atoms with Crippen LogP contribution in [0, 0.1) is 27.3 Å². The number of carbonyl (C=O) groups excluding carboxylic acids is 1. The van der Waals surface area contributed by atoms with Crippen LogP contribution in [0.1, 0.15) is 5.56 Å². The summed E-state index contributed by atoms with van der Waals surface area (Å²) in [7, 11) is 1.12. The van der Waals surface area contributed by atoms with Crippen LogP contribution < -0.4 is 4.74 Å². The molecule has 0 radical (unpaired) electrons. The van der Waals surface area contributed by atoms with Gasteiger partial charge in [-0.15, -0.1) is 0 Å². The molecule has 2 rings (SSSR count). The number of hydrogen-bond acceptors (Lipinski definition) is 6. The van der Waals surface area contributed by atoms with Crippen LogP contribution >= 0.6 is 0 Å². The van der Waals surface area contributed by atoms with Crippen molar-refractivity contribution in [2.75, 3.05) is 7.11 Å². The second kappa shape index (κ2) is 7.70. The molecule has 0 amide bonds. The lowest BCUT2D eigenvalue weighted by molar-refractivity contribution is -0.385. The number of methoxy groups -OCH3 is 1. The lowest BCUT2D eigenvalue weighted by atomic mass is 10.1. The van der Waals surface area contributed by atoms with Gasteiger partial charge in [-0.25, -0.2) is 9.18 Å². The molecule has 2 aromatic carbocycles. The molecule has 0 aromatic heterocycles. The Kier molecular flexibility index (Phi) is 5.43. The zero-order valence-electron chi connectivity index (χ0n) is 12.9. The first-order valence-corrected chi connectivity index (χ1v) is 6.86. The van der Waals surface area contributed by atoms with Gasteiger partial charge in [0.1, 0.15) is 23.2 Å². The van der Waals surface area contributed by atoms with Gasteiger partial charge in [-0.1, -0.05) is 6.07 Å². The van der Waals surface area contributed by atoms with Crippen molar-refractivity contribution in [1.82, 2.24) is 0 Å². The third kappa shape index (κ3) is 4.39. The molecule has 0 spiro atoms. The number of nitriles is 1. The normalized spacial score (nSPS) is 10.7. The summed E-state index contributed by atoms with van der Waals surface area (Å²) in [6, 6.07) is 10.6. The molecule has 0 aliphatic heterocycles. The number of nitro benzene ring substituents is 1. The number of esters is 1. The smallest absolute Gasteiger partial charge is 0.348 e. The van der Waals surface area contributed by atoms with E-state index in [0.29, 0.717) is 0 Å². The Balaban J connectivity index is 2.39. The van der Waals surface area contributed by atoms with Gasteiger partial charge in [0.25, 0.3) is 0 Å². The maximum absolute atomic E-state index is 12.9. The lowest BCUT2D eigenvalue weighted by Gasteiger charge is -2.07. The summed E-state index contributed by atoms with van der Waals surface area (Å²) in [5.74, 6) is -1.16. The van der Waals surface area contributed by atoms with Gasteiger partial charge in [0.15, 0.2) is 0 Å². The molecule has 0 saturated heterocycles. The first-order chi connectivity index (χ1) is 11.9. The van der Waals surface area contributed by atoms with Crippen molar-refractivity contribution in [3.63, 3.8) is 0 Å². The Bertz CT molecular complexity index is 885. The molecule has 0 bridgehead atoms. The molecular weight excluding hydrogens is 331 g/mol.